The van der Waals surface area contributed by atoms with E-state index in [1.165, 1.54) is 0 Å². The van der Waals surface area contributed by atoms with Crippen molar-refractivity contribution in [2.45, 2.75) is 6.42 Å². The molecule has 0 saturated heterocycles. The van der Waals surface area contributed by atoms with Crippen LogP contribution in [0.5, 0.6) is 0 Å². The highest BCUT2D eigenvalue weighted by Crippen LogP contribution is 2.18. The first-order chi connectivity index (χ1) is 8.81. The number of carbonyl (C=O) groups excluding carboxylic acids is 1. The minimum absolute atomic E-state index is 0.0417. The van der Waals surface area contributed by atoms with Crippen molar-refractivity contribution in [2.75, 3.05) is 13.2 Å². The molecule has 6 nitrogen and oxygen atoms in total. The summed E-state index contributed by atoms with van der Waals surface area (Å²) in [5, 5.41) is 14.9. The lowest BCUT2D eigenvalue weighted by molar-refractivity contribution is 0.0942. The van der Waals surface area contributed by atoms with Gasteiger partial charge in [0.05, 0.1) is 0 Å². The van der Waals surface area contributed by atoms with Gasteiger partial charge < -0.3 is 14.9 Å². The molecule has 0 fully saturated rings. The van der Waals surface area contributed by atoms with Crippen molar-refractivity contribution >= 4 is 5.91 Å². The maximum Gasteiger partial charge on any atom is 0.273 e. The fourth-order valence-electron chi connectivity index (χ4n) is 1.40. The summed E-state index contributed by atoms with van der Waals surface area (Å²) in [6.07, 6.45) is 3.80. The molecule has 0 bridgehead atoms. The molecule has 94 valence electrons. The molecule has 0 aliphatic heterocycles. The number of aliphatic hydroxyl groups excluding tert-OH is 1. The van der Waals surface area contributed by atoms with E-state index in [4.69, 9.17) is 9.63 Å². The molecule has 1 amide bonds. The second-order valence-electron chi connectivity index (χ2n) is 3.65. The van der Waals surface area contributed by atoms with Crippen LogP contribution in [0.3, 0.4) is 0 Å². The van der Waals surface area contributed by atoms with Crippen molar-refractivity contribution in [3.8, 4) is 11.3 Å². The lowest BCUT2D eigenvalue weighted by Crippen LogP contribution is -2.25. The first-order valence-electron chi connectivity index (χ1n) is 5.57. The van der Waals surface area contributed by atoms with Gasteiger partial charge in [-0.2, -0.15) is 0 Å². The van der Waals surface area contributed by atoms with Gasteiger partial charge in [0.25, 0.3) is 5.91 Å². The van der Waals surface area contributed by atoms with Crippen LogP contribution in [0, 0.1) is 0 Å². The van der Waals surface area contributed by atoms with E-state index >= 15 is 0 Å². The molecule has 2 rings (SSSR count). The van der Waals surface area contributed by atoms with Crippen molar-refractivity contribution in [2.24, 2.45) is 0 Å². The van der Waals surface area contributed by atoms with Crippen molar-refractivity contribution in [3.63, 3.8) is 0 Å². The van der Waals surface area contributed by atoms with Gasteiger partial charge in [0.15, 0.2) is 11.5 Å². The number of carbonyl (C=O) groups is 1. The maximum atomic E-state index is 11.6. The molecule has 0 aromatic carbocycles. The Morgan fingerprint density at radius 3 is 3.11 bits per heavy atom. The zero-order chi connectivity index (χ0) is 12.8. The van der Waals surface area contributed by atoms with Crippen LogP contribution in [-0.4, -0.2) is 34.3 Å². The summed E-state index contributed by atoms with van der Waals surface area (Å²) in [6.45, 7) is 0.449. The normalized spacial score (nSPS) is 10.3. The molecule has 2 heterocycles. The SMILES string of the molecule is O=C(NCCCO)c1cc(-c2cccnc2)on1. The van der Waals surface area contributed by atoms with Gasteiger partial charge in [0, 0.05) is 37.2 Å². The number of hydrogen-bond acceptors (Lipinski definition) is 5. The van der Waals surface area contributed by atoms with E-state index in [0.717, 1.165) is 5.56 Å². The number of nitrogens with zero attached hydrogens (tertiary/aromatic N) is 2. The number of aromatic nitrogens is 2. The zero-order valence-electron chi connectivity index (χ0n) is 9.67. The molecule has 0 aliphatic carbocycles. The first-order valence-corrected chi connectivity index (χ1v) is 5.57. The number of aliphatic hydroxyl groups is 1. The van der Waals surface area contributed by atoms with E-state index < -0.39 is 0 Å². The summed E-state index contributed by atoms with van der Waals surface area (Å²) < 4.78 is 5.08. The fraction of sp³-hybridized carbons (Fsp3) is 0.250. The average Bonchev–Trinajstić information content (AvgIpc) is 2.89. The van der Waals surface area contributed by atoms with E-state index in [-0.39, 0.29) is 18.2 Å². The van der Waals surface area contributed by atoms with Crippen molar-refractivity contribution < 1.29 is 14.4 Å². The molecule has 2 N–H and O–H groups in total. The van der Waals surface area contributed by atoms with Gasteiger partial charge in [-0.25, -0.2) is 0 Å². The number of nitrogens with one attached hydrogen (secondary N) is 1. The van der Waals surface area contributed by atoms with Gasteiger partial charge in [0.2, 0.25) is 0 Å². The molecule has 0 atom stereocenters. The quantitative estimate of drug-likeness (QED) is 0.765. The minimum atomic E-state index is -0.317. The molecular formula is C12H13N3O3. The van der Waals surface area contributed by atoms with E-state index in [1.54, 1.807) is 24.5 Å². The summed E-state index contributed by atoms with van der Waals surface area (Å²) >= 11 is 0. The van der Waals surface area contributed by atoms with Crippen LogP contribution in [-0.2, 0) is 0 Å². The molecule has 2 aromatic rings. The van der Waals surface area contributed by atoms with Crippen LogP contribution in [0.4, 0.5) is 0 Å². The van der Waals surface area contributed by atoms with E-state index in [9.17, 15) is 4.79 Å². The molecule has 2 aromatic heterocycles. The van der Waals surface area contributed by atoms with Gasteiger partial charge in [0.1, 0.15) is 0 Å². The van der Waals surface area contributed by atoms with Crippen molar-refractivity contribution in [1.29, 1.82) is 0 Å². The Morgan fingerprint density at radius 2 is 2.39 bits per heavy atom. The Hall–Kier alpha value is -2.21. The highest BCUT2D eigenvalue weighted by Gasteiger charge is 2.12. The smallest absolute Gasteiger partial charge is 0.273 e. The van der Waals surface area contributed by atoms with E-state index in [1.807, 2.05) is 6.07 Å². The topological polar surface area (TPSA) is 88.2 Å². The summed E-state index contributed by atoms with van der Waals surface area (Å²) in [5.74, 6) is 0.178. The summed E-state index contributed by atoms with van der Waals surface area (Å²) in [7, 11) is 0. The standard InChI is InChI=1S/C12H13N3O3/c16-6-2-5-14-12(17)10-7-11(18-15-10)9-3-1-4-13-8-9/h1,3-4,7-8,16H,2,5-6H2,(H,14,17). The predicted octanol–water partition coefficient (Wildman–Crippen LogP) is 0.849. The Balaban J connectivity index is 2.04. The number of pyridine rings is 1. The van der Waals surface area contributed by atoms with Crippen molar-refractivity contribution in [1.82, 2.24) is 15.5 Å². The second-order valence-corrected chi connectivity index (χ2v) is 3.65. The summed E-state index contributed by atoms with van der Waals surface area (Å²) in [4.78, 5) is 15.6. The Labute approximate surface area is 104 Å². The number of hydrogen-bond donors (Lipinski definition) is 2. The minimum Gasteiger partial charge on any atom is -0.396 e. The molecule has 0 spiro atoms. The predicted molar refractivity (Wildman–Crippen MR) is 63.8 cm³/mol. The third-order valence-corrected chi connectivity index (χ3v) is 2.31. The molecule has 0 radical (unpaired) electrons. The molecule has 0 unspecified atom stereocenters. The third-order valence-electron chi connectivity index (χ3n) is 2.31. The van der Waals surface area contributed by atoms with Gasteiger partial charge in [-0.1, -0.05) is 5.16 Å². The van der Waals surface area contributed by atoms with Gasteiger partial charge >= 0.3 is 0 Å². The van der Waals surface area contributed by atoms with Crippen LogP contribution in [0.2, 0.25) is 0 Å². The molecule has 0 aliphatic rings. The third kappa shape index (κ3) is 2.92. The van der Waals surface area contributed by atoms with E-state index in [2.05, 4.69) is 15.5 Å². The second kappa shape index (κ2) is 5.92. The highest BCUT2D eigenvalue weighted by molar-refractivity contribution is 5.93. The molecule has 6 heteroatoms. The van der Waals surface area contributed by atoms with Gasteiger partial charge in [-0.05, 0) is 18.6 Å². The van der Waals surface area contributed by atoms with Crippen LogP contribution in [0.1, 0.15) is 16.9 Å². The van der Waals surface area contributed by atoms with Crippen LogP contribution >= 0.6 is 0 Å². The first kappa shape index (κ1) is 12.3. The van der Waals surface area contributed by atoms with Crippen LogP contribution < -0.4 is 5.32 Å². The lowest BCUT2D eigenvalue weighted by atomic mass is 10.2. The van der Waals surface area contributed by atoms with Gasteiger partial charge in [-0.3, -0.25) is 9.78 Å². The summed E-state index contributed by atoms with van der Waals surface area (Å²) in [5.41, 5.74) is 0.978. The van der Waals surface area contributed by atoms with E-state index in [0.29, 0.717) is 18.7 Å². The molecular weight excluding hydrogens is 234 g/mol. The van der Waals surface area contributed by atoms with Gasteiger partial charge in [-0.15, -0.1) is 0 Å². The average molecular weight is 247 g/mol. The van der Waals surface area contributed by atoms with Crippen LogP contribution in [0.25, 0.3) is 11.3 Å². The Morgan fingerprint density at radius 1 is 1.50 bits per heavy atom. The fourth-order valence-corrected chi connectivity index (χ4v) is 1.40. The zero-order valence-corrected chi connectivity index (χ0v) is 9.67. The Bertz CT molecular complexity index is 510. The summed E-state index contributed by atoms with van der Waals surface area (Å²) in [6, 6.07) is 5.16. The monoisotopic (exact) mass is 247 g/mol. The molecule has 0 saturated carbocycles. The largest absolute Gasteiger partial charge is 0.396 e. The molecule has 18 heavy (non-hydrogen) atoms. The number of amides is 1. The number of rotatable bonds is 5. The Kier molecular flexibility index (Phi) is 4.03. The maximum absolute atomic E-state index is 11.6. The van der Waals surface area contributed by atoms with Crippen molar-refractivity contribution in [3.05, 3.63) is 36.3 Å². The highest BCUT2D eigenvalue weighted by atomic mass is 16.5. The lowest BCUT2D eigenvalue weighted by Gasteiger charge is -1.99. The van der Waals surface area contributed by atoms with Crippen LogP contribution in [0.15, 0.2) is 35.1 Å².